The Morgan fingerprint density at radius 1 is 1.15 bits per heavy atom. The molecule has 72 valence electrons. The maximum Gasteiger partial charge on any atom is 0.0433 e. The van der Waals surface area contributed by atoms with Crippen molar-refractivity contribution in [3.63, 3.8) is 0 Å². The van der Waals surface area contributed by atoms with Gasteiger partial charge < -0.3 is 5.11 Å². The van der Waals surface area contributed by atoms with E-state index in [9.17, 15) is 0 Å². The Kier molecular flexibility index (Phi) is 3.97. The summed E-state index contributed by atoms with van der Waals surface area (Å²) in [5.74, 6) is 1.08. The van der Waals surface area contributed by atoms with Crippen molar-refractivity contribution in [2.75, 3.05) is 6.61 Å². The Morgan fingerprint density at radius 2 is 1.77 bits per heavy atom. The highest BCUT2D eigenvalue weighted by atomic mass is 16.3. The Morgan fingerprint density at radius 3 is 2.31 bits per heavy atom. The molecule has 0 radical (unpaired) electrons. The van der Waals surface area contributed by atoms with Crippen LogP contribution in [0.15, 0.2) is 30.3 Å². The molecule has 1 nitrogen and oxygen atoms in total. The van der Waals surface area contributed by atoms with Gasteiger partial charge in [0.2, 0.25) is 0 Å². The van der Waals surface area contributed by atoms with Crippen LogP contribution in [-0.4, -0.2) is 11.7 Å². The lowest BCUT2D eigenvalue weighted by Gasteiger charge is -2.19. The highest BCUT2D eigenvalue weighted by Gasteiger charge is 2.12. The van der Waals surface area contributed by atoms with E-state index in [1.165, 1.54) is 5.56 Å². The normalized spacial score (nSPS) is 15.3. The summed E-state index contributed by atoms with van der Waals surface area (Å²) in [5.41, 5.74) is 1.36. The molecule has 1 rings (SSSR count). The van der Waals surface area contributed by atoms with Gasteiger partial charge in [0.1, 0.15) is 0 Å². The molecule has 0 fully saturated rings. The minimum absolute atomic E-state index is 0.290. The van der Waals surface area contributed by atoms with Crippen molar-refractivity contribution in [2.45, 2.75) is 26.2 Å². The number of aliphatic hydroxyl groups is 1. The predicted molar refractivity (Wildman–Crippen MR) is 55.7 cm³/mol. The second kappa shape index (κ2) is 5.03. The summed E-state index contributed by atoms with van der Waals surface area (Å²) in [6, 6.07) is 10.5. The molecule has 0 aliphatic carbocycles. The van der Waals surface area contributed by atoms with Crippen LogP contribution >= 0.6 is 0 Å². The molecule has 0 spiro atoms. The third kappa shape index (κ3) is 2.85. The zero-order chi connectivity index (χ0) is 9.68. The molecular weight excluding hydrogens is 160 g/mol. The second-order valence-electron chi connectivity index (χ2n) is 3.69. The standard InChI is InChI=1S/C12H18O/c1-10(8-9-13)11(2)12-6-4-3-5-7-12/h3-7,10-11,13H,8-9H2,1-2H3. The molecule has 2 unspecified atom stereocenters. The van der Waals surface area contributed by atoms with Gasteiger partial charge in [-0.15, -0.1) is 0 Å². The maximum absolute atomic E-state index is 8.83. The van der Waals surface area contributed by atoms with E-state index in [1.54, 1.807) is 0 Å². The average Bonchev–Trinajstić information content (AvgIpc) is 2.18. The van der Waals surface area contributed by atoms with Gasteiger partial charge in [-0.3, -0.25) is 0 Å². The molecule has 0 aliphatic heterocycles. The Labute approximate surface area is 80.4 Å². The molecule has 0 amide bonds. The summed E-state index contributed by atoms with van der Waals surface area (Å²) in [4.78, 5) is 0. The molecule has 13 heavy (non-hydrogen) atoms. The van der Waals surface area contributed by atoms with Crippen LogP contribution in [0.25, 0.3) is 0 Å². The largest absolute Gasteiger partial charge is 0.396 e. The molecule has 0 heterocycles. The van der Waals surface area contributed by atoms with Crippen molar-refractivity contribution >= 4 is 0 Å². The van der Waals surface area contributed by atoms with E-state index >= 15 is 0 Å². The monoisotopic (exact) mass is 178 g/mol. The van der Waals surface area contributed by atoms with E-state index < -0.39 is 0 Å². The lowest BCUT2D eigenvalue weighted by Crippen LogP contribution is -2.07. The van der Waals surface area contributed by atoms with E-state index in [1.807, 2.05) is 6.07 Å². The molecule has 1 aromatic rings. The Balaban J connectivity index is 2.62. The third-order valence-corrected chi connectivity index (χ3v) is 2.76. The summed E-state index contributed by atoms with van der Waals surface area (Å²) in [6.45, 7) is 4.70. The van der Waals surface area contributed by atoms with Crippen LogP contribution in [0, 0.1) is 5.92 Å². The minimum atomic E-state index is 0.290. The van der Waals surface area contributed by atoms with Crippen LogP contribution in [0.3, 0.4) is 0 Å². The van der Waals surface area contributed by atoms with Gasteiger partial charge in [-0.1, -0.05) is 44.2 Å². The van der Waals surface area contributed by atoms with Crippen molar-refractivity contribution in [1.82, 2.24) is 0 Å². The molecule has 0 saturated carbocycles. The van der Waals surface area contributed by atoms with E-state index in [0.29, 0.717) is 18.4 Å². The molecule has 0 aliphatic rings. The predicted octanol–water partition coefficient (Wildman–Crippen LogP) is 2.81. The Bertz CT molecular complexity index is 230. The van der Waals surface area contributed by atoms with Crippen LogP contribution in [0.5, 0.6) is 0 Å². The number of rotatable bonds is 4. The fourth-order valence-corrected chi connectivity index (χ4v) is 1.54. The zero-order valence-corrected chi connectivity index (χ0v) is 8.40. The molecule has 2 atom stereocenters. The van der Waals surface area contributed by atoms with E-state index in [2.05, 4.69) is 38.1 Å². The van der Waals surface area contributed by atoms with Crippen molar-refractivity contribution in [1.29, 1.82) is 0 Å². The molecule has 0 aromatic heterocycles. The quantitative estimate of drug-likeness (QED) is 0.751. The highest BCUT2D eigenvalue weighted by Crippen LogP contribution is 2.25. The molecule has 1 N–H and O–H groups in total. The highest BCUT2D eigenvalue weighted by molar-refractivity contribution is 5.19. The van der Waals surface area contributed by atoms with Crippen LogP contribution in [0.1, 0.15) is 31.7 Å². The van der Waals surface area contributed by atoms with Gasteiger partial charge >= 0.3 is 0 Å². The first-order valence-electron chi connectivity index (χ1n) is 4.91. The molecular formula is C12H18O. The van der Waals surface area contributed by atoms with Crippen LogP contribution < -0.4 is 0 Å². The van der Waals surface area contributed by atoms with Crippen molar-refractivity contribution in [3.05, 3.63) is 35.9 Å². The topological polar surface area (TPSA) is 20.2 Å². The summed E-state index contributed by atoms with van der Waals surface area (Å²) >= 11 is 0. The lowest BCUT2D eigenvalue weighted by atomic mass is 9.87. The van der Waals surface area contributed by atoms with Gasteiger partial charge in [0.05, 0.1) is 0 Å². The van der Waals surface area contributed by atoms with Gasteiger partial charge in [0.15, 0.2) is 0 Å². The van der Waals surface area contributed by atoms with Gasteiger partial charge in [0.25, 0.3) is 0 Å². The minimum Gasteiger partial charge on any atom is -0.396 e. The first-order valence-corrected chi connectivity index (χ1v) is 4.91. The molecule has 0 saturated heterocycles. The SMILES string of the molecule is CC(CCO)C(C)c1ccccc1. The van der Waals surface area contributed by atoms with Crippen molar-refractivity contribution in [3.8, 4) is 0 Å². The lowest BCUT2D eigenvalue weighted by molar-refractivity contribution is 0.252. The van der Waals surface area contributed by atoms with E-state index in [4.69, 9.17) is 5.11 Å². The molecule has 1 heteroatoms. The van der Waals surface area contributed by atoms with Gasteiger partial charge in [-0.2, -0.15) is 0 Å². The zero-order valence-electron chi connectivity index (χ0n) is 8.40. The average molecular weight is 178 g/mol. The maximum atomic E-state index is 8.83. The summed E-state index contributed by atoms with van der Waals surface area (Å²) in [7, 11) is 0. The first kappa shape index (κ1) is 10.3. The summed E-state index contributed by atoms with van der Waals surface area (Å²) in [6.07, 6.45) is 0.885. The van der Waals surface area contributed by atoms with Crippen molar-refractivity contribution < 1.29 is 5.11 Å². The van der Waals surface area contributed by atoms with Gasteiger partial charge in [-0.25, -0.2) is 0 Å². The third-order valence-electron chi connectivity index (χ3n) is 2.76. The Hall–Kier alpha value is -0.820. The molecule has 1 aromatic carbocycles. The van der Waals surface area contributed by atoms with Gasteiger partial charge in [-0.05, 0) is 23.8 Å². The van der Waals surface area contributed by atoms with E-state index in [-0.39, 0.29) is 0 Å². The number of benzene rings is 1. The van der Waals surface area contributed by atoms with Gasteiger partial charge in [0, 0.05) is 6.61 Å². The molecule has 0 bridgehead atoms. The first-order chi connectivity index (χ1) is 6.25. The fourth-order valence-electron chi connectivity index (χ4n) is 1.54. The van der Waals surface area contributed by atoms with Crippen LogP contribution in [0.4, 0.5) is 0 Å². The second-order valence-corrected chi connectivity index (χ2v) is 3.69. The number of hydrogen-bond donors (Lipinski definition) is 1. The van der Waals surface area contributed by atoms with Crippen LogP contribution in [0.2, 0.25) is 0 Å². The van der Waals surface area contributed by atoms with Crippen molar-refractivity contribution in [2.24, 2.45) is 5.92 Å². The smallest absolute Gasteiger partial charge is 0.0433 e. The number of aliphatic hydroxyl groups excluding tert-OH is 1. The van der Waals surface area contributed by atoms with Crippen LogP contribution in [-0.2, 0) is 0 Å². The summed E-state index contributed by atoms with van der Waals surface area (Å²) < 4.78 is 0. The fraction of sp³-hybridized carbons (Fsp3) is 0.500. The van der Waals surface area contributed by atoms with E-state index in [0.717, 1.165) is 6.42 Å². The summed E-state index contributed by atoms with van der Waals surface area (Å²) in [5, 5.41) is 8.83. The number of hydrogen-bond acceptors (Lipinski definition) is 1.